The van der Waals surface area contributed by atoms with E-state index in [-0.39, 0.29) is 0 Å². The van der Waals surface area contributed by atoms with Crippen molar-refractivity contribution in [2.75, 3.05) is 5.32 Å². The molecule has 0 saturated carbocycles. The minimum absolute atomic E-state index is 0.413. The first-order chi connectivity index (χ1) is 7.65. The van der Waals surface area contributed by atoms with Crippen LogP contribution in [0, 0.1) is 13.8 Å². The van der Waals surface area contributed by atoms with E-state index in [1.54, 1.807) is 6.07 Å². The van der Waals surface area contributed by atoms with Crippen LogP contribution in [-0.4, -0.2) is 4.98 Å². The second kappa shape index (κ2) is 4.58. The molecule has 2 aromatic rings. The van der Waals surface area contributed by atoms with E-state index < -0.39 is 0 Å². The molecular weight excluding hydrogens is 224 g/mol. The quantitative estimate of drug-likeness (QED) is 0.886. The topological polar surface area (TPSA) is 38.1 Å². The molecule has 1 N–H and O–H groups in total. The summed E-state index contributed by atoms with van der Waals surface area (Å²) in [5, 5.41) is 3.67. The summed E-state index contributed by atoms with van der Waals surface area (Å²) < 4.78 is 5.25. The molecule has 2 aromatic heterocycles. The summed E-state index contributed by atoms with van der Waals surface area (Å²) in [5.41, 5.74) is 3.01. The third-order valence-corrected chi connectivity index (χ3v) is 2.51. The second-order valence-corrected chi connectivity index (χ2v) is 4.02. The Morgan fingerprint density at radius 2 is 2.06 bits per heavy atom. The van der Waals surface area contributed by atoms with E-state index in [9.17, 15) is 0 Å². The lowest BCUT2D eigenvalue weighted by atomic mass is 10.2. The van der Waals surface area contributed by atoms with E-state index in [1.807, 2.05) is 32.0 Å². The number of nitrogens with zero attached hydrogens (tertiary/aromatic N) is 1. The standard InChI is InChI=1S/C12H13ClN2O/c1-8-3-5-11(9(2)15-8)14-7-10-4-6-12(13)16-10/h3-6,14H,7H2,1-2H3. The number of anilines is 1. The van der Waals surface area contributed by atoms with Crippen LogP contribution < -0.4 is 5.32 Å². The number of aromatic nitrogens is 1. The highest BCUT2D eigenvalue weighted by Gasteiger charge is 2.02. The molecule has 0 atom stereocenters. The lowest BCUT2D eigenvalue weighted by Crippen LogP contribution is -2.01. The maximum atomic E-state index is 5.69. The molecule has 0 radical (unpaired) electrons. The fourth-order valence-corrected chi connectivity index (χ4v) is 1.66. The Bertz CT molecular complexity index is 494. The zero-order valence-corrected chi connectivity index (χ0v) is 10.0. The highest BCUT2D eigenvalue weighted by atomic mass is 35.5. The monoisotopic (exact) mass is 236 g/mol. The van der Waals surface area contributed by atoms with Crippen molar-refractivity contribution in [3.63, 3.8) is 0 Å². The predicted molar refractivity (Wildman–Crippen MR) is 64.8 cm³/mol. The van der Waals surface area contributed by atoms with Crippen LogP contribution in [0.15, 0.2) is 28.7 Å². The highest BCUT2D eigenvalue weighted by molar-refractivity contribution is 6.28. The molecule has 0 unspecified atom stereocenters. The van der Waals surface area contributed by atoms with Gasteiger partial charge in [0, 0.05) is 5.69 Å². The third-order valence-electron chi connectivity index (χ3n) is 2.31. The van der Waals surface area contributed by atoms with Gasteiger partial charge in [-0.1, -0.05) is 0 Å². The van der Waals surface area contributed by atoms with Crippen molar-refractivity contribution < 1.29 is 4.42 Å². The summed E-state index contributed by atoms with van der Waals surface area (Å²) in [7, 11) is 0. The van der Waals surface area contributed by atoms with Gasteiger partial charge in [-0.25, -0.2) is 0 Å². The average molecular weight is 237 g/mol. The number of pyridine rings is 1. The van der Waals surface area contributed by atoms with Crippen molar-refractivity contribution in [3.05, 3.63) is 46.6 Å². The first-order valence-electron chi connectivity index (χ1n) is 5.07. The summed E-state index contributed by atoms with van der Waals surface area (Å²) >= 11 is 5.69. The van der Waals surface area contributed by atoms with E-state index in [4.69, 9.17) is 16.0 Å². The van der Waals surface area contributed by atoms with Crippen LogP contribution in [0.1, 0.15) is 17.1 Å². The molecule has 84 valence electrons. The van der Waals surface area contributed by atoms with Gasteiger partial charge in [0.25, 0.3) is 0 Å². The zero-order valence-electron chi connectivity index (χ0n) is 9.25. The number of aryl methyl sites for hydroxylation is 2. The van der Waals surface area contributed by atoms with Gasteiger partial charge in [-0.15, -0.1) is 0 Å². The molecule has 16 heavy (non-hydrogen) atoms. The molecular formula is C12H13ClN2O. The SMILES string of the molecule is Cc1ccc(NCc2ccc(Cl)o2)c(C)n1. The zero-order chi connectivity index (χ0) is 11.5. The van der Waals surface area contributed by atoms with Crippen molar-refractivity contribution in [1.29, 1.82) is 0 Å². The Labute approximate surface area is 99.5 Å². The van der Waals surface area contributed by atoms with Gasteiger partial charge >= 0.3 is 0 Å². The smallest absolute Gasteiger partial charge is 0.193 e. The van der Waals surface area contributed by atoms with Crippen LogP contribution in [0.2, 0.25) is 5.22 Å². The van der Waals surface area contributed by atoms with Crippen LogP contribution in [0.3, 0.4) is 0 Å². The second-order valence-electron chi connectivity index (χ2n) is 3.64. The van der Waals surface area contributed by atoms with Gasteiger partial charge in [0.15, 0.2) is 5.22 Å². The van der Waals surface area contributed by atoms with Gasteiger partial charge in [0.05, 0.1) is 17.9 Å². The Kier molecular flexibility index (Phi) is 3.15. The van der Waals surface area contributed by atoms with Gasteiger partial charge in [0.1, 0.15) is 5.76 Å². The van der Waals surface area contributed by atoms with Crippen molar-refractivity contribution in [2.45, 2.75) is 20.4 Å². The van der Waals surface area contributed by atoms with Gasteiger partial charge in [0.2, 0.25) is 0 Å². The molecule has 2 rings (SSSR count). The molecule has 0 amide bonds. The molecule has 2 heterocycles. The molecule has 4 heteroatoms. The van der Waals surface area contributed by atoms with Gasteiger partial charge < -0.3 is 9.73 Å². The Morgan fingerprint density at radius 3 is 2.69 bits per heavy atom. The molecule has 0 aliphatic heterocycles. The molecule has 0 aromatic carbocycles. The summed E-state index contributed by atoms with van der Waals surface area (Å²) in [6, 6.07) is 7.58. The first-order valence-corrected chi connectivity index (χ1v) is 5.45. The van der Waals surface area contributed by atoms with Crippen molar-refractivity contribution >= 4 is 17.3 Å². The summed E-state index contributed by atoms with van der Waals surface area (Å²) in [4.78, 5) is 4.37. The van der Waals surface area contributed by atoms with Gasteiger partial charge in [-0.2, -0.15) is 0 Å². The summed E-state index contributed by atoms with van der Waals surface area (Å²) in [6.07, 6.45) is 0. The Balaban J connectivity index is 2.04. The van der Waals surface area contributed by atoms with Crippen LogP contribution in [0.25, 0.3) is 0 Å². The van der Waals surface area contributed by atoms with Crippen LogP contribution in [-0.2, 0) is 6.54 Å². The average Bonchev–Trinajstić information content (AvgIpc) is 2.63. The van der Waals surface area contributed by atoms with E-state index in [2.05, 4.69) is 10.3 Å². The van der Waals surface area contributed by atoms with E-state index in [0.717, 1.165) is 22.8 Å². The number of hydrogen-bond acceptors (Lipinski definition) is 3. The number of hydrogen-bond donors (Lipinski definition) is 1. The minimum Gasteiger partial charge on any atom is -0.448 e. The minimum atomic E-state index is 0.413. The first kappa shape index (κ1) is 11.0. The number of rotatable bonds is 3. The number of halogens is 1. The number of furan rings is 1. The largest absolute Gasteiger partial charge is 0.448 e. The van der Waals surface area contributed by atoms with E-state index >= 15 is 0 Å². The van der Waals surface area contributed by atoms with E-state index in [1.165, 1.54) is 0 Å². The third kappa shape index (κ3) is 2.55. The summed E-state index contributed by atoms with van der Waals surface area (Å²) in [6.45, 7) is 4.56. The van der Waals surface area contributed by atoms with Crippen LogP contribution in [0.4, 0.5) is 5.69 Å². The van der Waals surface area contributed by atoms with Gasteiger partial charge in [-0.05, 0) is 49.7 Å². The Morgan fingerprint density at radius 1 is 1.25 bits per heavy atom. The molecule has 0 aliphatic carbocycles. The predicted octanol–water partition coefficient (Wildman–Crippen LogP) is 3.56. The molecule has 0 fully saturated rings. The molecule has 0 aliphatic rings. The molecule has 0 spiro atoms. The highest BCUT2D eigenvalue weighted by Crippen LogP contribution is 2.17. The molecule has 3 nitrogen and oxygen atoms in total. The summed E-state index contributed by atoms with van der Waals surface area (Å²) in [5.74, 6) is 0.810. The lowest BCUT2D eigenvalue weighted by Gasteiger charge is -2.07. The fourth-order valence-electron chi connectivity index (χ4n) is 1.50. The maximum Gasteiger partial charge on any atom is 0.193 e. The molecule has 0 bridgehead atoms. The Hall–Kier alpha value is -1.48. The van der Waals surface area contributed by atoms with Crippen LogP contribution >= 0.6 is 11.6 Å². The van der Waals surface area contributed by atoms with Crippen molar-refractivity contribution in [3.8, 4) is 0 Å². The maximum absolute atomic E-state index is 5.69. The normalized spacial score (nSPS) is 10.4. The number of nitrogens with one attached hydrogen (secondary N) is 1. The molecule has 0 saturated heterocycles. The fraction of sp³-hybridized carbons (Fsp3) is 0.250. The van der Waals surface area contributed by atoms with Crippen molar-refractivity contribution in [2.24, 2.45) is 0 Å². The van der Waals surface area contributed by atoms with Crippen molar-refractivity contribution in [1.82, 2.24) is 4.98 Å². The lowest BCUT2D eigenvalue weighted by molar-refractivity contribution is 0.520. The van der Waals surface area contributed by atoms with E-state index in [0.29, 0.717) is 11.8 Å². The van der Waals surface area contributed by atoms with Crippen LogP contribution in [0.5, 0.6) is 0 Å². The van der Waals surface area contributed by atoms with Gasteiger partial charge in [-0.3, -0.25) is 4.98 Å².